The van der Waals surface area contributed by atoms with Gasteiger partial charge in [-0.2, -0.15) is 5.26 Å². The monoisotopic (exact) mass is 269 g/mol. The van der Waals surface area contributed by atoms with E-state index in [4.69, 9.17) is 20.9 Å². The van der Waals surface area contributed by atoms with E-state index in [9.17, 15) is 5.26 Å². The normalized spacial score (nSPS) is 9.85. The fourth-order valence-electron chi connectivity index (χ4n) is 1.85. The lowest BCUT2D eigenvalue weighted by molar-refractivity contribution is 0.411. The molecule has 0 spiro atoms. The van der Waals surface area contributed by atoms with Crippen LogP contribution in [0.1, 0.15) is 11.1 Å². The van der Waals surface area contributed by atoms with Crippen LogP contribution in [0.25, 0.3) is 0 Å². The zero-order valence-corrected chi connectivity index (χ0v) is 11.3. The number of nitriles is 1. The number of methoxy groups -OCH3 is 1. The third kappa shape index (κ3) is 2.45. The molecule has 0 heterocycles. The molecule has 0 atom stereocenters. The van der Waals surface area contributed by atoms with E-state index in [0.717, 1.165) is 5.56 Å². The highest BCUT2D eigenvalue weighted by Crippen LogP contribution is 2.36. The molecule has 2 aromatic carbocycles. The first-order chi connectivity index (χ1) is 9.56. The fourth-order valence-corrected chi connectivity index (χ4v) is 1.85. The molecule has 0 amide bonds. The van der Waals surface area contributed by atoms with E-state index in [2.05, 4.69) is 6.07 Å². The first kappa shape index (κ1) is 13.6. The molecule has 0 aromatic heterocycles. The molecule has 5 nitrogen and oxygen atoms in total. The van der Waals surface area contributed by atoms with Crippen LogP contribution in [0.15, 0.2) is 30.3 Å². The second-order valence-electron chi connectivity index (χ2n) is 4.29. The van der Waals surface area contributed by atoms with Crippen LogP contribution < -0.4 is 20.9 Å². The van der Waals surface area contributed by atoms with Gasteiger partial charge >= 0.3 is 0 Å². The third-order valence-corrected chi connectivity index (χ3v) is 2.93. The van der Waals surface area contributed by atoms with Gasteiger partial charge in [-0.05, 0) is 24.6 Å². The van der Waals surface area contributed by atoms with Crippen LogP contribution in [-0.4, -0.2) is 7.11 Å². The van der Waals surface area contributed by atoms with Gasteiger partial charge in [-0.15, -0.1) is 0 Å². The Bertz CT molecular complexity index is 690. The average molecular weight is 269 g/mol. The Kier molecular flexibility index (Phi) is 3.67. The van der Waals surface area contributed by atoms with Gasteiger partial charge in [-0.25, -0.2) is 0 Å². The van der Waals surface area contributed by atoms with Gasteiger partial charge in [-0.3, -0.25) is 0 Å². The van der Waals surface area contributed by atoms with Gasteiger partial charge in [0, 0.05) is 6.07 Å². The minimum absolute atomic E-state index is 0.383. The van der Waals surface area contributed by atoms with Crippen molar-refractivity contribution in [3.63, 3.8) is 0 Å². The fraction of sp³-hybridized carbons (Fsp3) is 0.133. The predicted octanol–water partition coefficient (Wildman–Crippen LogP) is 2.83. The largest absolute Gasteiger partial charge is 0.494 e. The number of nitrogens with two attached hydrogens (primary N) is 2. The topological polar surface area (TPSA) is 94.3 Å². The molecular weight excluding hydrogens is 254 g/mol. The summed E-state index contributed by atoms with van der Waals surface area (Å²) < 4.78 is 10.9. The standard InChI is InChI=1S/C15H15N3O2/c1-9-4-3-5-13(10(9)8-16)20-15-7-14(19-2)11(17)6-12(15)18/h3-7H,17-18H2,1-2H3. The highest BCUT2D eigenvalue weighted by atomic mass is 16.5. The number of aryl methyl sites for hydroxylation is 1. The molecule has 102 valence electrons. The SMILES string of the molecule is COc1cc(Oc2cccc(C)c2C#N)c(N)cc1N. The molecule has 20 heavy (non-hydrogen) atoms. The Morgan fingerprint density at radius 2 is 1.75 bits per heavy atom. The van der Waals surface area contributed by atoms with Crippen LogP contribution >= 0.6 is 0 Å². The number of benzene rings is 2. The van der Waals surface area contributed by atoms with E-state index in [1.54, 1.807) is 18.2 Å². The molecule has 0 aliphatic rings. The summed E-state index contributed by atoms with van der Waals surface area (Å²) in [4.78, 5) is 0. The van der Waals surface area contributed by atoms with E-state index < -0.39 is 0 Å². The first-order valence-corrected chi connectivity index (χ1v) is 5.97. The Balaban J connectivity index is 2.46. The van der Waals surface area contributed by atoms with E-state index in [1.807, 2.05) is 19.1 Å². The van der Waals surface area contributed by atoms with Crippen LogP contribution in [0, 0.1) is 18.3 Å². The predicted molar refractivity (Wildman–Crippen MR) is 77.8 cm³/mol. The summed E-state index contributed by atoms with van der Waals surface area (Å²) in [5.41, 5.74) is 13.8. The quantitative estimate of drug-likeness (QED) is 0.835. The van der Waals surface area contributed by atoms with Crippen molar-refractivity contribution in [3.05, 3.63) is 41.5 Å². The van der Waals surface area contributed by atoms with Gasteiger partial charge in [0.15, 0.2) is 5.75 Å². The number of ether oxygens (including phenoxy) is 2. The number of anilines is 2. The maximum Gasteiger partial charge on any atom is 0.154 e. The van der Waals surface area contributed by atoms with E-state index >= 15 is 0 Å². The van der Waals surface area contributed by atoms with Gasteiger partial charge in [-0.1, -0.05) is 12.1 Å². The van der Waals surface area contributed by atoms with Crippen molar-refractivity contribution in [2.75, 3.05) is 18.6 Å². The lowest BCUT2D eigenvalue weighted by Crippen LogP contribution is -1.99. The van der Waals surface area contributed by atoms with Crippen molar-refractivity contribution >= 4 is 11.4 Å². The first-order valence-electron chi connectivity index (χ1n) is 5.97. The molecular formula is C15H15N3O2. The third-order valence-electron chi connectivity index (χ3n) is 2.93. The molecule has 0 radical (unpaired) electrons. The molecule has 0 aliphatic heterocycles. The summed E-state index contributed by atoms with van der Waals surface area (Å²) in [7, 11) is 1.51. The molecule has 0 saturated carbocycles. The summed E-state index contributed by atoms with van der Waals surface area (Å²) in [6.07, 6.45) is 0. The number of rotatable bonds is 3. The molecule has 0 saturated heterocycles. The van der Waals surface area contributed by atoms with Crippen molar-refractivity contribution in [1.29, 1.82) is 5.26 Å². The second-order valence-corrected chi connectivity index (χ2v) is 4.29. The number of nitrogen functional groups attached to an aromatic ring is 2. The Morgan fingerprint density at radius 3 is 2.40 bits per heavy atom. The Labute approximate surface area is 117 Å². The molecule has 2 aromatic rings. The lowest BCUT2D eigenvalue weighted by atomic mass is 10.1. The molecule has 0 bridgehead atoms. The summed E-state index contributed by atoms with van der Waals surface area (Å²) in [6, 6.07) is 10.7. The minimum atomic E-state index is 0.383. The van der Waals surface area contributed by atoms with Crippen LogP contribution in [0.4, 0.5) is 11.4 Å². The maximum atomic E-state index is 9.19. The van der Waals surface area contributed by atoms with Crippen molar-refractivity contribution in [2.24, 2.45) is 0 Å². The Morgan fingerprint density at radius 1 is 1.05 bits per heavy atom. The van der Waals surface area contributed by atoms with E-state index in [0.29, 0.717) is 34.2 Å². The molecule has 4 N–H and O–H groups in total. The number of hydrogen-bond donors (Lipinski definition) is 2. The minimum Gasteiger partial charge on any atom is -0.494 e. The summed E-state index contributed by atoms with van der Waals surface area (Å²) in [6.45, 7) is 1.85. The van der Waals surface area contributed by atoms with Crippen molar-refractivity contribution in [2.45, 2.75) is 6.92 Å². The highest BCUT2D eigenvalue weighted by molar-refractivity contribution is 5.68. The van der Waals surface area contributed by atoms with Crippen LogP contribution in [0.5, 0.6) is 17.2 Å². The van der Waals surface area contributed by atoms with Gasteiger partial charge in [0.2, 0.25) is 0 Å². The second kappa shape index (κ2) is 5.41. The van der Waals surface area contributed by atoms with Crippen LogP contribution in [0.2, 0.25) is 0 Å². The zero-order valence-electron chi connectivity index (χ0n) is 11.3. The summed E-state index contributed by atoms with van der Waals surface area (Å²) in [5.74, 6) is 1.32. The molecule has 0 aliphatic carbocycles. The molecule has 0 unspecified atom stereocenters. The van der Waals surface area contributed by atoms with Crippen LogP contribution in [0.3, 0.4) is 0 Å². The van der Waals surface area contributed by atoms with Gasteiger partial charge in [0.05, 0.1) is 24.0 Å². The van der Waals surface area contributed by atoms with Crippen molar-refractivity contribution in [3.8, 4) is 23.3 Å². The summed E-state index contributed by atoms with van der Waals surface area (Å²) in [5, 5.41) is 9.19. The van der Waals surface area contributed by atoms with E-state index in [-0.39, 0.29) is 0 Å². The number of hydrogen-bond acceptors (Lipinski definition) is 5. The molecule has 5 heteroatoms. The van der Waals surface area contributed by atoms with Crippen molar-refractivity contribution in [1.82, 2.24) is 0 Å². The van der Waals surface area contributed by atoms with Crippen molar-refractivity contribution < 1.29 is 9.47 Å². The summed E-state index contributed by atoms with van der Waals surface area (Å²) >= 11 is 0. The highest BCUT2D eigenvalue weighted by Gasteiger charge is 2.12. The smallest absolute Gasteiger partial charge is 0.154 e. The lowest BCUT2D eigenvalue weighted by Gasteiger charge is -2.13. The number of nitrogens with zero attached hydrogens (tertiary/aromatic N) is 1. The molecule has 0 fully saturated rings. The van der Waals surface area contributed by atoms with E-state index in [1.165, 1.54) is 7.11 Å². The maximum absolute atomic E-state index is 9.19. The Hall–Kier alpha value is -2.87. The van der Waals surface area contributed by atoms with Crippen LogP contribution in [-0.2, 0) is 0 Å². The molecule has 2 rings (SSSR count). The van der Waals surface area contributed by atoms with Gasteiger partial charge < -0.3 is 20.9 Å². The average Bonchev–Trinajstić information content (AvgIpc) is 2.42. The van der Waals surface area contributed by atoms with Gasteiger partial charge in [0.1, 0.15) is 17.6 Å². The zero-order chi connectivity index (χ0) is 14.7. The van der Waals surface area contributed by atoms with Gasteiger partial charge in [0.25, 0.3) is 0 Å².